The van der Waals surface area contributed by atoms with Crippen molar-refractivity contribution in [2.45, 2.75) is 25.1 Å². The van der Waals surface area contributed by atoms with Gasteiger partial charge in [0.1, 0.15) is 0 Å². The first kappa shape index (κ1) is 14.3. The third kappa shape index (κ3) is 3.87. The molecule has 0 saturated carbocycles. The van der Waals surface area contributed by atoms with Crippen LogP contribution in [0.5, 0.6) is 0 Å². The molecule has 0 aliphatic heterocycles. The van der Waals surface area contributed by atoms with Crippen molar-refractivity contribution in [1.82, 2.24) is 0 Å². The minimum absolute atomic E-state index is 0.0482. The molecule has 0 aliphatic rings. The largest absolute Gasteiger partial charge is 0.416 e. The summed E-state index contributed by atoms with van der Waals surface area (Å²) in [4.78, 5) is 0. The number of halogens is 4. The van der Waals surface area contributed by atoms with Gasteiger partial charge >= 0.3 is 6.18 Å². The normalized spacial score (nSPS) is 13.8. The summed E-state index contributed by atoms with van der Waals surface area (Å²) in [5, 5.41) is 0.0482. The molecule has 2 nitrogen and oxygen atoms in total. The van der Waals surface area contributed by atoms with Gasteiger partial charge in [0.2, 0.25) is 0 Å². The first-order valence-corrected chi connectivity index (χ1v) is 5.56. The molecule has 0 heterocycles. The van der Waals surface area contributed by atoms with Crippen molar-refractivity contribution in [3.05, 3.63) is 34.3 Å². The van der Waals surface area contributed by atoms with E-state index in [1.807, 2.05) is 0 Å². The lowest BCUT2D eigenvalue weighted by atomic mass is 9.97. The molecule has 0 aliphatic carbocycles. The van der Waals surface area contributed by atoms with E-state index in [2.05, 4.69) is 0 Å². The summed E-state index contributed by atoms with van der Waals surface area (Å²) < 4.78 is 38.3. The van der Waals surface area contributed by atoms with Crippen LogP contribution in [-0.2, 0) is 6.18 Å². The fourth-order valence-electron chi connectivity index (χ4n) is 1.59. The summed E-state index contributed by atoms with van der Waals surface area (Å²) >= 11 is 5.57. The first-order valence-electron chi connectivity index (χ1n) is 5.18. The highest BCUT2D eigenvalue weighted by atomic mass is 35.5. The molecule has 96 valence electrons. The van der Waals surface area contributed by atoms with E-state index in [1.165, 1.54) is 12.1 Å². The van der Waals surface area contributed by atoms with Crippen molar-refractivity contribution in [2.75, 3.05) is 6.54 Å². The standard InChI is InChI=1S/C11H14ClF3N2/c12-7-3-4-8(10(17)2-1-5-16)9(6-7)11(13,14)15/h3-4,6,10H,1-2,5,16-17H2/t10-/m0/s1. The highest BCUT2D eigenvalue weighted by Crippen LogP contribution is 2.36. The van der Waals surface area contributed by atoms with E-state index in [-0.39, 0.29) is 10.6 Å². The number of alkyl halides is 3. The fraction of sp³-hybridized carbons (Fsp3) is 0.455. The van der Waals surface area contributed by atoms with Crippen molar-refractivity contribution in [1.29, 1.82) is 0 Å². The highest BCUT2D eigenvalue weighted by Gasteiger charge is 2.34. The average molecular weight is 267 g/mol. The third-order valence-corrected chi connectivity index (χ3v) is 2.67. The Morgan fingerprint density at radius 3 is 2.47 bits per heavy atom. The van der Waals surface area contributed by atoms with E-state index in [0.29, 0.717) is 19.4 Å². The maximum absolute atomic E-state index is 12.8. The van der Waals surface area contributed by atoms with Crippen molar-refractivity contribution >= 4 is 11.6 Å². The topological polar surface area (TPSA) is 52.0 Å². The van der Waals surface area contributed by atoms with Gasteiger partial charge in [0.15, 0.2) is 0 Å². The lowest BCUT2D eigenvalue weighted by Gasteiger charge is -2.18. The molecule has 1 aromatic rings. The fourth-order valence-corrected chi connectivity index (χ4v) is 1.76. The number of benzene rings is 1. The van der Waals surface area contributed by atoms with Gasteiger partial charge in [0.25, 0.3) is 0 Å². The summed E-state index contributed by atoms with van der Waals surface area (Å²) in [6.45, 7) is 0.405. The van der Waals surface area contributed by atoms with Gasteiger partial charge in [-0.25, -0.2) is 0 Å². The van der Waals surface area contributed by atoms with Crippen LogP contribution in [0.3, 0.4) is 0 Å². The van der Waals surface area contributed by atoms with Gasteiger partial charge in [-0.1, -0.05) is 17.7 Å². The molecule has 0 fully saturated rings. The Balaban J connectivity index is 3.06. The smallest absolute Gasteiger partial charge is 0.330 e. The zero-order valence-electron chi connectivity index (χ0n) is 9.10. The average Bonchev–Trinajstić information content (AvgIpc) is 2.24. The zero-order chi connectivity index (χ0) is 13.1. The molecule has 0 bridgehead atoms. The molecule has 17 heavy (non-hydrogen) atoms. The zero-order valence-corrected chi connectivity index (χ0v) is 9.85. The van der Waals surface area contributed by atoms with Gasteiger partial charge in [0.05, 0.1) is 5.56 Å². The van der Waals surface area contributed by atoms with Crippen molar-refractivity contribution in [3.8, 4) is 0 Å². The van der Waals surface area contributed by atoms with E-state index in [1.54, 1.807) is 0 Å². The summed E-state index contributed by atoms with van der Waals surface area (Å²) in [5.41, 5.74) is 10.3. The van der Waals surface area contributed by atoms with Crippen LogP contribution in [0.1, 0.15) is 30.0 Å². The van der Waals surface area contributed by atoms with Crippen LogP contribution in [0.2, 0.25) is 5.02 Å². The van der Waals surface area contributed by atoms with Gasteiger partial charge in [0, 0.05) is 11.1 Å². The van der Waals surface area contributed by atoms with Gasteiger partial charge in [-0.3, -0.25) is 0 Å². The highest BCUT2D eigenvalue weighted by molar-refractivity contribution is 6.30. The number of rotatable bonds is 4. The Bertz CT molecular complexity index is 379. The lowest BCUT2D eigenvalue weighted by molar-refractivity contribution is -0.138. The van der Waals surface area contributed by atoms with Gasteiger partial charge in [-0.15, -0.1) is 0 Å². The van der Waals surface area contributed by atoms with Gasteiger partial charge in [-0.05, 0) is 37.1 Å². The molecule has 0 spiro atoms. The Morgan fingerprint density at radius 1 is 1.29 bits per heavy atom. The second-order valence-corrected chi connectivity index (χ2v) is 4.20. The Hall–Kier alpha value is -0.780. The van der Waals surface area contributed by atoms with E-state index in [4.69, 9.17) is 23.1 Å². The van der Waals surface area contributed by atoms with Crippen molar-refractivity contribution in [2.24, 2.45) is 11.5 Å². The predicted octanol–water partition coefficient (Wildman–Crippen LogP) is 3.10. The van der Waals surface area contributed by atoms with E-state index >= 15 is 0 Å². The van der Waals surface area contributed by atoms with Crippen LogP contribution >= 0.6 is 11.6 Å². The maximum atomic E-state index is 12.8. The van der Waals surface area contributed by atoms with Gasteiger partial charge in [-0.2, -0.15) is 13.2 Å². The SMILES string of the molecule is NCCC[C@H](N)c1ccc(Cl)cc1C(F)(F)F. The molecule has 0 aromatic heterocycles. The van der Waals surface area contributed by atoms with E-state index < -0.39 is 17.8 Å². The molecule has 6 heteroatoms. The van der Waals surface area contributed by atoms with Crippen LogP contribution < -0.4 is 11.5 Å². The molecule has 0 unspecified atom stereocenters. The van der Waals surface area contributed by atoms with Crippen LogP contribution in [0.25, 0.3) is 0 Å². The van der Waals surface area contributed by atoms with E-state index in [9.17, 15) is 13.2 Å². The summed E-state index contributed by atoms with van der Waals surface area (Å²) in [6, 6.07) is 2.97. The molecular weight excluding hydrogens is 253 g/mol. The summed E-state index contributed by atoms with van der Waals surface area (Å²) in [5.74, 6) is 0. The molecule has 1 aromatic carbocycles. The number of hydrogen-bond donors (Lipinski definition) is 2. The van der Waals surface area contributed by atoms with Crippen LogP contribution in [-0.4, -0.2) is 6.54 Å². The van der Waals surface area contributed by atoms with Crippen molar-refractivity contribution < 1.29 is 13.2 Å². The quantitative estimate of drug-likeness (QED) is 0.880. The molecule has 1 rings (SSSR count). The third-order valence-electron chi connectivity index (χ3n) is 2.44. The minimum Gasteiger partial charge on any atom is -0.330 e. The van der Waals surface area contributed by atoms with Crippen LogP contribution in [0.15, 0.2) is 18.2 Å². The number of nitrogens with two attached hydrogens (primary N) is 2. The van der Waals surface area contributed by atoms with Crippen LogP contribution in [0.4, 0.5) is 13.2 Å². The summed E-state index contributed by atoms with van der Waals surface area (Å²) in [7, 11) is 0. The van der Waals surface area contributed by atoms with Crippen molar-refractivity contribution in [3.63, 3.8) is 0 Å². The molecule has 0 radical (unpaired) electrons. The molecule has 1 atom stereocenters. The van der Waals surface area contributed by atoms with Crippen LogP contribution in [0, 0.1) is 0 Å². The predicted molar refractivity (Wildman–Crippen MR) is 61.7 cm³/mol. The monoisotopic (exact) mass is 266 g/mol. The Morgan fingerprint density at radius 2 is 1.94 bits per heavy atom. The second kappa shape index (κ2) is 5.71. The summed E-state index contributed by atoms with van der Waals surface area (Å²) in [6.07, 6.45) is -3.44. The molecule has 4 N–H and O–H groups in total. The lowest BCUT2D eigenvalue weighted by Crippen LogP contribution is -2.18. The molecule has 0 amide bonds. The Labute approximate surface area is 103 Å². The maximum Gasteiger partial charge on any atom is 0.416 e. The molecular formula is C11H14ClF3N2. The second-order valence-electron chi connectivity index (χ2n) is 3.77. The Kier molecular flexibility index (Phi) is 4.80. The number of hydrogen-bond acceptors (Lipinski definition) is 2. The minimum atomic E-state index is -4.44. The van der Waals surface area contributed by atoms with Gasteiger partial charge < -0.3 is 11.5 Å². The van der Waals surface area contributed by atoms with E-state index in [0.717, 1.165) is 6.07 Å². The molecule has 0 saturated heterocycles. The first-order chi connectivity index (χ1) is 7.86.